The smallest absolute Gasteiger partial charge is 0.256 e. The van der Waals surface area contributed by atoms with Crippen LogP contribution < -0.4 is 9.80 Å². The third-order valence-electron chi connectivity index (χ3n) is 7.72. The zero-order chi connectivity index (χ0) is 27.4. The molecule has 2 heterocycles. The van der Waals surface area contributed by atoms with E-state index in [0.717, 1.165) is 48.7 Å². The molecule has 3 aromatic carbocycles. The third kappa shape index (κ3) is 5.57. The number of nitriles is 2. The molecule has 0 N–H and O–H groups in total. The molecule has 2 saturated heterocycles. The van der Waals surface area contributed by atoms with E-state index in [-0.39, 0.29) is 11.5 Å². The number of carbonyl (C=O) groups excluding carboxylic acids is 1. The first-order chi connectivity index (χ1) is 19.0. The minimum Gasteiger partial charge on any atom is -0.368 e. The number of benzene rings is 3. The molecule has 5 rings (SSSR count). The second-order valence-electron chi connectivity index (χ2n) is 10.1. The highest BCUT2D eigenvalue weighted by molar-refractivity contribution is 5.95. The molecule has 2 fully saturated rings. The Kier molecular flexibility index (Phi) is 7.76. The molecule has 0 atom stereocenters. The Morgan fingerprint density at radius 2 is 1.31 bits per heavy atom. The van der Waals surface area contributed by atoms with Crippen LogP contribution in [0, 0.1) is 35.4 Å². The van der Waals surface area contributed by atoms with Gasteiger partial charge in [0.05, 0.1) is 28.1 Å². The number of anilines is 2. The summed E-state index contributed by atoms with van der Waals surface area (Å²) in [5.74, 6) is -0.781. The summed E-state index contributed by atoms with van der Waals surface area (Å²) >= 11 is 0. The molecule has 2 aliphatic heterocycles. The molecule has 0 aliphatic carbocycles. The average Bonchev–Trinajstić information content (AvgIpc) is 2.98. The van der Waals surface area contributed by atoms with Gasteiger partial charge in [-0.3, -0.25) is 9.69 Å². The van der Waals surface area contributed by atoms with Crippen LogP contribution in [0.3, 0.4) is 0 Å². The molecular formula is C31H31FN6O. The summed E-state index contributed by atoms with van der Waals surface area (Å²) in [6, 6.07) is 22.8. The zero-order valence-electron chi connectivity index (χ0n) is 22.1. The van der Waals surface area contributed by atoms with Gasteiger partial charge in [-0.25, -0.2) is 4.39 Å². The van der Waals surface area contributed by atoms with E-state index in [2.05, 4.69) is 26.8 Å². The Balaban J connectivity index is 1.23. The molecule has 39 heavy (non-hydrogen) atoms. The fourth-order valence-electron chi connectivity index (χ4n) is 5.45. The highest BCUT2D eigenvalue weighted by Gasteiger charge is 2.27. The maximum Gasteiger partial charge on any atom is 0.256 e. The lowest BCUT2D eigenvalue weighted by Gasteiger charge is -2.37. The Labute approximate surface area is 228 Å². The van der Waals surface area contributed by atoms with Crippen LogP contribution in [0.5, 0.6) is 0 Å². The number of nitrogens with zero attached hydrogens (tertiary/aromatic N) is 6. The molecular weight excluding hydrogens is 491 g/mol. The van der Waals surface area contributed by atoms with E-state index < -0.39 is 5.82 Å². The fourth-order valence-corrected chi connectivity index (χ4v) is 5.45. The highest BCUT2D eigenvalue weighted by atomic mass is 19.1. The number of rotatable bonds is 5. The van der Waals surface area contributed by atoms with Crippen LogP contribution in [-0.2, 0) is 6.54 Å². The van der Waals surface area contributed by atoms with Crippen LogP contribution in [0.4, 0.5) is 15.8 Å². The van der Waals surface area contributed by atoms with Crippen LogP contribution in [-0.4, -0.2) is 68.1 Å². The van der Waals surface area contributed by atoms with Crippen molar-refractivity contribution in [3.63, 3.8) is 0 Å². The van der Waals surface area contributed by atoms with Gasteiger partial charge in [0, 0.05) is 58.9 Å². The highest BCUT2D eigenvalue weighted by Crippen LogP contribution is 2.25. The number of hydrogen-bond acceptors (Lipinski definition) is 6. The van der Waals surface area contributed by atoms with Gasteiger partial charge >= 0.3 is 0 Å². The molecule has 3 aromatic rings. The number of aryl methyl sites for hydroxylation is 1. The van der Waals surface area contributed by atoms with Crippen molar-refractivity contribution in [3.8, 4) is 12.1 Å². The van der Waals surface area contributed by atoms with E-state index in [1.807, 2.05) is 49.4 Å². The minimum absolute atomic E-state index is 0.114. The second kappa shape index (κ2) is 11.6. The number of carbonyl (C=O) groups is 1. The van der Waals surface area contributed by atoms with Gasteiger partial charge in [0.2, 0.25) is 0 Å². The summed E-state index contributed by atoms with van der Waals surface area (Å²) < 4.78 is 15.0. The third-order valence-corrected chi connectivity index (χ3v) is 7.72. The van der Waals surface area contributed by atoms with Gasteiger partial charge in [-0.15, -0.1) is 0 Å². The van der Waals surface area contributed by atoms with E-state index in [9.17, 15) is 15.3 Å². The van der Waals surface area contributed by atoms with Gasteiger partial charge in [-0.05, 0) is 54.4 Å². The van der Waals surface area contributed by atoms with Crippen molar-refractivity contribution in [1.29, 1.82) is 10.5 Å². The summed E-state index contributed by atoms with van der Waals surface area (Å²) in [5.41, 5.74) is 5.02. The average molecular weight is 523 g/mol. The van der Waals surface area contributed by atoms with Gasteiger partial charge < -0.3 is 14.7 Å². The van der Waals surface area contributed by atoms with Crippen molar-refractivity contribution in [2.45, 2.75) is 13.5 Å². The standard InChI is InChI=1S/C31H31FN6O/c1-23-18-28(32)27(31(39)38-16-14-37(15-17-38)30-9-5-3-7-25(30)21-34)19-26(23)22-35-10-12-36(13-11-35)29-8-4-2-6-24(29)20-33/h2-9,18-19H,10-17,22H2,1H3. The summed E-state index contributed by atoms with van der Waals surface area (Å²) in [4.78, 5) is 21.7. The Morgan fingerprint density at radius 3 is 1.85 bits per heavy atom. The van der Waals surface area contributed by atoms with Crippen molar-refractivity contribution in [3.05, 3.63) is 94.3 Å². The van der Waals surface area contributed by atoms with Crippen LogP contribution in [0.25, 0.3) is 0 Å². The molecule has 1 amide bonds. The van der Waals surface area contributed by atoms with Gasteiger partial charge in [0.1, 0.15) is 18.0 Å². The van der Waals surface area contributed by atoms with Crippen molar-refractivity contribution in [2.24, 2.45) is 0 Å². The van der Waals surface area contributed by atoms with E-state index in [1.165, 1.54) is 6.07 Å². The molecule has 0 aromatic heterocycles. The predicted octanol–water partition coefficient (Wildman–Crippen LogP) is 4.16. The Morgan fingerprint density at radius 1 is 0.795 bits per heavy atom. The number of halogens is 1. The molecule has 8 heteroatoms. The van der Waals surface area contributed by atoms with E-state index in [0.29, 0.717) is 43.9 Å². The minimum atomic E-state index is -0.489. The summed E-state index contributed by atoms with van der Waals surface area (Å²) in [7, 11) is 0. The van der Waals surface area contributed by atoms with Crippen LogP contribution in [0.1, 0.15) is 32.6 Å². The van der Waals surface area contributed by atoms with Crippen LogP contribution >= 0.6 is 0 Å². The SMILES string of the molecule is Cc1cc(F)c(C(=O)N2CCN(c3ccccc3C#N)CC2)cc1CN1CCN(c2ccccc2C#N)CC1. The number of para-hydroxylation sites is 2. The molecule has 0 saturated carbocycles. The Hall–Kier alpha value is -4.40. The number of piperazine rings is 2. The number of hydrogen-bond donors (Lipinski definition) is 0. The van der Waals surface area contributed by atoms with E-state index >= 15 is 4.39 Å². The topological polar surface area (TPSA) is 77.6 Å². The van der Waals surface area contributed by atoms with Crippen molar-refractivity contribution < 1.29 is 9.18 Å². The summed E-state index contributed by atoms with van der Waals surface area (Å²) in [6.07, 6.45) is 0. The second-order valence-corrected chi connectivity index (χ2v) is 10.1. The molecule has 198 valence electrons. The lowest BCUT2D eigenvalue weighted by atomic mass is 10.0. The zero-order valence-corrected chi connectivity index (χ0v) is 22.1. The first kappa shape index (κ1) is 26.2. The summed E-state index contributed by atoms with van der Waals surface area (Å²) in [5, 5.41) is 18.9. The number of amides is 1. The quantitative estimate of drug-likeness (QED) is 0.501. The van der Waals surface area contributed by atoms with Crippen LogP contribution in [0.15, 0.2) is 60.7 Å². The largest absolute Gasteiger partial charge is 0.368 e. The van der Waals surface area contributed by atoms with E-state index in [4.69, 9.17) is 0 Å². The lowest BCUT2D eigenvalue weighted by Crippen LogP contribution is -2.49. The van der Waals surface area contributed by atoms with Crippen LogP contribution in [0.2, 0.25) is 0 Å². The molecule has 7 nitrogen and oxygen atoms in total. The molecule has 0 radical (unpaired) electrons. The summed E-state index contributed by atoms with van der Waals surface area (Å²) in [6.45, 7) is 7.84. The Bertz CT molecular complexity index is 1440. The molecule has 2 aliphatic rings. The van der Waals surface area contributed by atoms with E-state index in [1.54, 1.807) is 17.0 Å². The molecule has 0 unspecified atom stereocenters. The normalized spacial score (nSPS) is 16.1. The van der Waals surface area contributed by atoms with Gasteiger partial charge in [0.25, 0.3) is 5.91 Å². The molecule has 0 bridgehead atoms. The maximum absolute atomic E-state index is 15.0. The van der Waals surface area contributed by atoms with Gasteiger partial charge in [0.15, 0.2) is 0 Å². The predicted molar refractivity (Wildman–Crippen MR) is 149 cm³/mol. The van der Waals surface area contributed by atoms with Crippen molar-refractivity contribution in [2.75, 3.05) is 62.2 Å². The first-order valence-corrected chi connectivity index (χ1v) is 13.3. The fraction of sp³-hybridized carbons (Fsp3) is 0.323. The van der Waals surface area contributed by atoms with Gasteiger partial charge in [-0.1, -0.05) is 24.3 Å². The maximum atomic E-state index is 15.0. The first-order valence-electron chi connectivity index (χ1n) is 13.3. The lowest BCUT2D eigenvalue weighted by molar-refractivity contribution is 0.0742. The molecule has 0 spiro atoms. The van der Waals surface area contributed by atoms with Crippen molar-refractivity contribution in [1.82, 2.24) is 9.80 Å². The monoisotopic (exact) mass is 522 g/mol. The van der Waals surface area contributed by atoms with Crippen molar-refractivity contribution >= 4 is 17.3 Å². The van der Waals surface area contributed by atoms with Gasteiger partial charge in [-0.2, -0.15) is 10.5 Å².